The SMILES string of the molecule is CCCOCCOc1ccc(OC[C@@H](O)CNC(C)CN(C=O)C2CCOCC2)cc1. The second kappa shape index (κ2) is 15.0. The second-order valence-electron chi connectivity index (χ2n) is 7.85. The van der Waals surface area contributed by atoms with Crippen LogP contribution < -0.4 is 14.8 Å². The predicted molar refractivity (Wildman–Crippen MR) is 119 cm³/mol. The molecule has 2 N–H and O–H groups in total. The Morgan fingerprint density at radius 2 is 1.84 bits per heavy atom. The minimum Gasteiger partial charge on any atom is -0.491 e. The van der Waals surface area contributed by atoms with Crippen molar-refractivity contribution in [3.05, 3.63) is 24.3 Å². The van der Waals surface area contributed by atoms with Gasteiger partial charge in [-0.1, -0.05) is 6.92 Å². The van der Waals surface area contributed by atoms with Crippen molar-refractivity contribution >= 4 is 6.41 Å². The lowest BCUT2D eigenvalue weighted by atomic mass is 10.1. The molecule has 1 aliphatic rings. The topological polar surface area (TPSA) is 89.5 Å². The second-order valence-corrected chi connectivity index (χ2v) is 7.85. The number of amides is 1. The molecule has 8 heteroatoms. The molecule has 0 saturated carbocycles. The van der Waals surface area contributed by atoms with E-state index in [2.05, 4.69) is 12.2 Å². The summed E-state index contributed by atoms with van der Waals surface area (Å²) < 4.78 is 22.0. The summed E-state index contributed by atoms with van der Waals surface area (Å²) in [6.07, 6.45) is 3.01. The Bertz CT molecular complexity index is 594. The molecule has 1 aliphatic heterocycles. The fraction of sp³-hybridized carbons (Fsp3) is 0.696. The molecule has 2 rings (SSSR count). The molecule has 176 valence electrons. The van der Waals surface area contributed by atoms with E-state index in [-0.39, 0.29) is 18.7 Å². The molecule has 0 radical (unpaired) electrons. The Balaban J connectivity index is 1.61. The first-order chi connectivity index (χ1) is 15.1. The molecular weight excluding hydrogens is 400 g/mol. The maximum atomic E-state index is 11.4. The van der Waals surface area contributed by atoms with Gasteiger partial charge < -0.3 is 34.3 Å². The largest absolute Gasteiger partial charge is 0.491 e. The summed E-state index contributed by atoms with van der Waals surface area (Å²) in [4.78, 5) is 13.3. The smallest absolute Gasteiger partial charge is 0.210 e. The van der Waals surface area contributed by atoms with Crippen molar-refractivity contribution in [1.29, 1.82) is 0 Å². The van der Waals surface area contributed by atoms with Crippen LogP contribution in [0.5, 0.6) is 11.5 Å². The fourth-order valence-electron chi connectivity index (χ4n) is 3.36. The van der Waals surface area contributed by atoms with Crippen molar-refractivity contribution in [3.63, 3.8) is 0 Å². The van der Waals surface area contributed by atoms with Gasteiger partial charge in [0.1, 0.15) is 30.8 Å². The Labute approximate surface area is 185 Å². The van der Waals surface area contributed by atoms with Crippen LogP contribution >= 0.6 is 0 Å². The number of carbonyl (C=O) groups is 1. The monoisotopic (exact) mass is 438 g/mol. The zero-order chi connectivity index (χ0) is 22.3. The van der Waals surface area contributed by atoms with E-state index in [1.807, 2.05) is 36.1 Å². The average Bonchev–Trinajstić information content (AvgIpc) is 2.81. The first-order valence-corrected chi connectivity index (χ1v) is 11.3. The summed E-state index contributed by atoms with van der Waals surface area (Å²) in [5.74, 6) is 1.43. The average molecular weight is 439 g/mol. The lowest BCUT2D eigenvalue weighted by Crippen LogP contribution is -2.47. The van der Waals surface area contributed by atoms with Gasteiger partial charge in [0.25, 0.3) is 0 Å². The summed E-state index contributed by atoms with van der Waals surface area (Å²) in [5.41, 5.74) is 0. The zero-order valence-corrected chi connectivity index (χ0v) is 18.8. The minimum atomic E-state index is -0.651. The highest BCUT2D eigenvalue weighted by Crippen LogP contribution is 2.18. The van der Waals surface area contributed by atoms with E-state index in [1.165, 1.54) is 0 Å². The standard InChI is InChI=1S/C23H38N2O6/c1-3-10-28-13-14-30-22-4-6-23(7-5-22)31-17-21(27)15-24-19(2)16-25(18-26)20-8-11-29-12-9-20/h4-7,18-21,24,27H,3,8-17H2,1-2H3/t19?,21-/m0/s1. The van der Waals surface area contributed by atoms with Gasteiger partial charge in [-0.15, -0.1) is 0 Å². The van der Waals surface area contributed by atoms with Crippen molar-refractivity contribution in [2.45, 2.75) is 51.3 Å². The number of aliphatic hydroxyl groups is 1. The minimum absolute atomic E-state index is 0.0698. The molecule has 0 bridgehead atoms. The fourth-order valence-corrected chi connectivity index (χ4v) is 3.36. The molecule has 2 atom stereocenters. The Morgan fingerprint density at radius 1 is 1.16 bits per heavy atom. The van der Waals surface area contributed by atoms with E-state index in [1.54, 1.807) is 0 Å². The van der Waals surface area contributed by atoms with Gasteiger partial charge in [0, 0.05) is 45.0 Å². The van der Waals surface area contributed by atoms with Crippen LogP contribution in [0.25, 0.3) is 0 Å². The van der Waals surface area contributed by atoms with E-state index in [0.717, 1.165) is 38.0 Å². The van der Waals surface area contributed by atoms with Crippen LogP contribution in [0, 0.1) is 0 Å². The molecule has 31 heavy (non-hydrogen) atoms. The Kier molecular flexibility index (Phi) is 12.3. The molecule has 1 amide bonds. The van der Waals surface area contributed by atoms with E-state index in [4.69, 9.17) is 18.9 Å². The van der Waals surface area contributed by atoms with Crippen LogP contribution in [0.2, 0.25) is 0 Å². The highest BCUT2D eigenvalue weighted by atomic mass is 16.5. The number of nitrogens with one attached hydrogen (secondary N) is 1. The van der Waals surface area contributed by atoms with Crippen LogP contribution in [0.3, 0.4) is 0 Å². The third kappa shape index (κ3) is 10.3. The maximum absolute atomic E-state index is 11.4. The van der Waals surface area contributed by atoms with Gasteiger partial charge in [0.05, 0.1) is 6.61 Å². The van der Waals surface area contributed by atoms with Crippen LogP contribution in [-0.4, -0.2) is 87.3 Å². The van der Waals surface area contributed by atoms with Gasteiger partial charge in [0.2, 0.25) is 6.41 Å². The van der Waals surface area contributed by atoms with Crippen LogP contribution in [0.15, 0.2) is 24.3 Å². The van der Waals surface area contributed by atoms with Gasteiger partial charge in [-0.2, -0.15) is 0 Å². The van der Waals surface area contributed by atoms with E-state index in [9.17, 15) is 9.90 Å². The highest BCUT2D eigenvalue weighted by molar-refractivity contribution is 5.47. The highest BCUT2D eigenvalue weighted by Gasteiger charge is 2.21. The number of benzene rings is 1. The van der Waals surface area contributed by atoms with E-state index < -0.39 is 6.10 Å². The summed E-state index contributed by atoms with van der Waals surface area (Å²) in [6.45, 7) is 8.49. The number of nitrogens with zero attached hydrogens (tertiary/aromatic N) is 1. The molecule has 1 unspecified atom stereocenters. The molecule has 1 heterocycles. The van der Waals surface area contributed by atoms with Gasteiger partial charge in [-0.05, 0) is 50.5 Å². The number of ether oxygens (including phenoxy) is 4. The summed E-state index contributed by atoms with van der Waals surface area (Å²) >= 11 is 0. The molecule has 8 nitrogen and oxygen atoms in total. The Hall–Kier alpha value is -1.87. The first kappa shape index (κ1) is 25.4. The molecule has 1 aromatic carbocycles. The van der Waals surface area contributed by atoms with Crippen molar-refractivity contribution in [1.82, 2.24) is 10.2 Å². The summed E-state index contributed by atoms with van der Waals surface area (Å²) in [5, 5.41) is 13.5. The van der Waals surface area contributed by atoms with Crippen LogP contribution in [0.1, 0.15) is 33.1 Å². The molecule has 0 aromatic heterocycles. The Morgan fingerprint density at radius 3 is 2.48 bits per heavy atom. The van der Waals surface area contributed by atoms with Crippen molar-refractivity contribution in [3.8, 4) is 11.5 Å². The van der Waals surface area contributed by atoms with Crippen molar-refractivity contribution in [2.75, 3.05) is 52.7 Å². The van der Waals surface area contributed by atoms with Gasteiger partial charge in [0.15, 0.2) is 0 Å². The lowest BCUT2D eigenvalue weighted by molar-refractivity contribution is -0.122. The molecular formula is C23H38N2O6. The maximum Gasteiger partial charge on any atom is 0.210 e. The van der Waals surface area contributed by atoms with Crippen molar-refractivity contribution in [2.24, 2.45) is 0 Å². The number of hydrogen-bond acceptors (Lipinski definition) is 7. The van der Waals surface area contributed by atoms with Gasteiger partial charge in [-0.3, -0.25) is 4.79 Å². The van der Waals surface area contributed by atoms with E-state index >= 15 is 0 Å². The van der Waals surface area contributed by atoms with Gasteiger partial charge >= 0.3 is 0 Å². The molecule has 1 fully saturated rings. The summed E-state index contributed by atoms with van der Waals surface area (Å²) in [7, 11) is 0. The van der Waals surface area contributed by atoms with Crippen LogP contribution in [-0.2, 0) is 14.3 Å². The first-order valence-electron chi connectivity index (χ1n) is 11.3. The number of hydrogen-bond donors (Lipinski definition) is 2. The van der Waals surface area contributed by atoms with Crippen LogP contribution in [0.4, 0.5) is 0 Å². The van der Waals surface area contributed by atoms with Crippen molar-refractivity contribution < 1.29 is 28.8 Å². The third-order valence-electron chi connectivity index (χ3n) is 5.09. The number of carbonyl (C=O) groups excluding carboxylic acids is 1. The predicted octanol–water partition coefficient (Wildman–Crippen LogP) is 1.85. The molecule has 1 aromatic rings. The number of aliphatic hydroxyl groups excluding tert-OH is 1. The quantitative estimate of drug-likeness (QED) is 0.301. The molecule has 0 spiro atoms. The lowest BCUT2D eigenvalue weighted by Gasteiger charge is -2.33. The molecule has 0 aliphatic carbocycles. The van der Waals surface area contributed by atoms with E-state index in [0.29, 0.717) is 45.3 Å². The number of rotatable bonds is 16. The normalized spacial score (nSPS) is 16.5. The van der Waals surface area contributed by atoms with Gasteiger partial charge in [-0.25, -0.2) is 0 Å². The zero-order valence-electron chi connectivity index (χ0n) is 18.8. The summed E-state index contributed by atoms with van der Waals surface area (Å²) in [6, 6.07) is 7.63. The third-order valence-corrected chi connectivity index (χ3v) is 5.09. The molecule has 1 saturated heterocycles.